The summed E-state index contributed by atoms with van der Waals surface area (Å²) in [5.74, 6) is 0. The normalized spacial score (nSPS) is 26.1. The molecule has 86 valence electrons. The van der Waals surface area contributed by atoms with Gasteiger partial charge in [0.2, 0.25) is 0 Å². The number of methoxy groups -OCH3 is 1. The molecule has 0 aromatic heterocycles. The molecule has 2 aliphatic rings. The zero-order valence-corrected chi connectivity index (χ0v) is 9.37. The van der Waals surface area contributed by atoms with E-state index in [9.17, 15) is 5.11 Å². The van der Waals surface area contributed by atoms with Crippen LogP contribution in [0.4, 0.5) is 0 Å². The van der Waals surface area contributed by atoms with Crippen LogP contribution in [0.5, 0.6) is 0 Å². The number of aliphatic hydroxyl groups excluding tert-OH is 1. The van der Waals surface area contributed by atoms with Gasteiger partial charge in [-0.2, -0.15) is 0 Å². The summed E-state index contributed by atoms with van der Waals surface area (Å²) in [5, 5.41) is 10.1. The number of rotatable bonds is 4. The SMILES string of the molecule is COC1(CC(O)C2=COCCC2)CCC1. The summed E-state index contributed by atoms with van der Waals surface area (Å²) >= 11 is 0. The van der Waals surface area contributed by atoms with Gasteiger partial charge in [0.1, 0.15) is 0 Å². The second kappa shape index (κ2) is 4.54. The van der Waals surface area contributed by atoms with Gasteiger partial charge in [-0.25, -0.2) is 0 Å². The Bertz CT molecular complexity index is 238. The molecule has 0 spiro atoms. The fourth-order valence-electron chi connectivity index (χ4n) is 2.38. The van der Waals surface area contributed by atoms with Crippen molar-refractivity contribution in [2.75, 3.05) is 13.7 Å². The van der Waals surface area contributed by atoms with Crippen LogP contribution in [0.2, 0.25) is 0 Å². The lowest BCUT2D eigenvalue weighted by Gasteiger charge is -2.42. The van der Waals surface area contributed by atoms with Crippen molar-refractivity contribution >= 4 is 0 Å². The molecule has 15 heavy (non-hydrogen) atoms. The van der Waals surface area contributed by atoms with Gasteiger partial charge in [-0.1, -0.05) is 0 Å². The van der Waals surface area contributed by atoms with Crippen LogP contribution in [0.3, 0.4) is 0 Å². The average molecular weight is 212 g/mol. The Morgan fingerprint density at radius 1 is 1.53 bits per heavy atom. The van der Waals surface area contributed by atoms with Crippen molar-refractivity contribution in [3.05, 3.63) is 11.8 Å². The van der Waals surface area contributed by atoms with Crippen LogP contribution < -0.4 is 0 Å². The summed E-state index contributed by atoms with van der Waals surface area (Å²) < 4.78 is 10.7. The van der Waals surface area contributed by atoms with Crippen LogP contribution in [0.1, 0.15) is 38.5 Å². The minimum atomic E-state index is -0.384. The van der Waals surface area contributed by atoms with Crippen LogP contribution in [0.25, 0.3) is 0 Å². The Hall–Kier alpha value is -0.540. The van der Waals surface area contributed by atoms with Gasteiger partial charge in [0, 0.05) is 13.5 Å². The van der Waals surface area contributed by atoms with Crippen LogP contribution >= 0.6 is 0 Å². The molecule has 1 atom stereocenters. The Morgan fingerprint density at radius 2 is 2.33 bits per heavy atom. The topological polar surface area (TPSA) is 38.7 Å². The minimum Gasteiger partial charge on any atom is -0.501 e. The van der Waals surface area contributed by atoms with Crippen molar-refractivity contribution in [3.63, 3.8) is 0 Å². The van der Waals surface area contributed by atoms with E-state index >= 15 is 0 Å². The van der Waals surface area contributed by atoms with Crippen LogP contribution in [-0.4, -0.2) is 30.5 Å². The van der Waals surface area contributed by atoms with E-state index in [1.807, 2.05) is 0 Å². The lowest BCUT2D eigenvalue weighted by molar-refractivity contribution is -0.0954. The Morgan fingerprint density at radius 3 is 2.80 bits per heavy atom. The molecule has 1 N–H and O–H groups in total. The second-order valence-electron chi connectivity index (χ2n) is 4.63. The minimum absolute atomic E-state index is 0.0578. The maximum absolute atomic E-state index is 10.1. The molecule has 2 rings (SSSR count). The lowest BCUT2D eigenvalue weighted by Crippen LogP contribution is -2.42. The summed E-state index contributed by atoms with van der Waals surface area (Å²) in [6, 6.07) is 0. The maximum atomic E-state index is 10.1. The van der Waals surface area contributed by atoms with E-state index in [2.05, 4.69) is 0 Å². The third-order valence-electron chi connectivity index (χ3n) is 3.65. The molecule has 0 radical (unpaired) electrons. The number of hydrogen-bond donors (Lipinski definition) is 1. The molecule has 0 amide bonds. The first-order chi connectivity index (χ1) is 7.26. The summed E-state index contributed by atoms with van der Waals surface area (Å²) in [6.07, 6.45) is 7.42. The second-order valence-corrected chi connectivity index (χ2v) is 4.63. The van der Waals surface area contributed by atoms with Crippen molar-refractivity contribution in [3.8, 4) is 0 Å². The first kappa shape index (κ1) is 11.0. The molecule has 0 aromatic carbocycles. The maximum Gasteiger partial charge on any atom is 0.0876 e. The first-order valence-electron chi connectivity index (χ1n) is 5.79. The van der Waals surface area contributed by atoms with E-state index < -0.39 is 0 Å². The first-order valence-corrected chi connectivity index (χ1v) is 5.79. The van der Waals surface area contributed by atoms with E-state index in [4.69, 9.17) is 9.47 Å². The molecule has 0 aromatic rings. The summed E-state index contributed by atoms with van der Waals surface area (Å²) in [5.41, 5.74) is 0.974. The van der Waals surface area contributed by atoms with E-state index in [0.29, 0.717) is 0 Å². The standard InChI is InChI=1S/C12H20O3/c1-14-12(5-3-6-12)8-11(13)10-4-2-7-15-9-10/h9,11,13H,2-8H2,1H3. The fraction of sp³-hybridized carbons (Fsp3) is 0.833. The molecule has 1 heterocycles. The average Bonchev–Trinajstić information content (AvgIpc) is 2.24. The van der Waals surface area contributed by atoms with E-state index in [1.54, 1.807) is 13.4 Å². The highest BCUT2D eigenvalue weighted by atomic mass is 16.5. The van der Waals surface area contributed by atoms with Crippen molar-refractivity contribution in [1.82, 2.24) is 0 Å². The predicted molar refractivity (Wildman–Crippen MR) is 57.5 cm³/mol. The molecule has 1 aliphatic carbocycles. The fourth-order valence-corrected chi connectivity index (χ4v) is 2.38. The van der Waals surface area contributed by atoms with Crippen LogP contribution in [0, 0.1) is 0 Å². The molecule has 1 fully saturated rings. The molecule has 3 heteroatoms. The van der Waals surface area contributed by atoms with Gasteiger partial charge in [-0.05, 0) is 37.7 Å². The van der Waals surface area contributed by atoms with E-state index in [-0.39, 0.29) is 11.7 Å². The highest BCUT2D eigenvalue weighted by molar-refractivity contribution is 5.09. The Labute approximate surface area is 91.1 Å². The highest BCUT2D eigenvalue weighted by Crippen LogP contribution is 2.40. The number of aliphatic hydroxyl groups is 1. The summed E-state index contributed by atoms with van der Waals surface area (Å²) in [7, 11) is 1.75. The molecule has 1 aliphatic heterocycles. The van der Waals surface area contributed by atoms with Gasteiger partial charge in [0.25, 0.3) is 0 Å². The Balaban J connectivity index is 1.90. The van der Waals surface area contributed by atoms with Gasteiger partial charge in [-0.15, -0.1) is 0 Å². The van der Waals surface area contributed by atoms with Crippen molar-refractivity contribution in [2.45, 2.75) is 50.2 Å². The molecule has 0 saturated heterocycles. The zero-order valence-electron chi connectivity index (χ0n) is 9.37. The summed E-state index contributed by atoms with van der Waals surface area (Å²) in [6.45, 7) is 0.783. The highest BCUT2D eigenvalue weighted by Gasteiger charge is 2.39. The quantitative estimate of drug-likeness (QED) is 0.774. The van der Waals surface area contributed by atoms with Crippen molar-refractivity contribution < 1.29 is 14.6 Å². The zero-order chi connectivity index (χ0) is 10.7. The van der Waals surface area contributed by atoms with Gasteiger partial charge < -0.3 is 14.6 Å². The van der Waals surface area contributed by atoms with Gasteiger partial charge in [0.05, 0.1) is 24.6 Å². The molecule has 1 unspecified atom stereocenters. The number of ether oxygens (including phenoxy) is 2. The number of hydrogen-bond acceptors (Lipinski definition) is 3. The van der Waals surface area contributed by atoms with Gasteiger partial charge in [0.15, 0.2) is 0 Å². The molecule has 3 nitrogen and oxygen atoms in total. The lowest BCUT2D eigenvalue weighted by atomic mass is 9.75. The largest absolute Gasteiger partial charge is 0.501 e. The molecule has 1 saturated carbocycles. The van der Waals surface area contributed by atoms with Gasteiger partial charge >= 0.3 is 0 Å². The molecule has 0 bridgehead atoms. The summed E-state index contributed by atoms with van der Waals surface area (Å²) in [4.78, 5) is 0. The van der Waals surface area contributed by atoms with E-state index in [1.165, 1.54) is 6.42 Å². The Kier molecular flexibility index (Phi) is 3.32. The molecular formula is C12H20O3. The smallest absolute Gasteiger partial charge is 0.0876 e. The predicted octanol–water partition coefficient (Wildman–Crippen LogP) is 2.00. The molecular weight excluding hydrogens is 192 g/mol. The third kappa shape index (κ3) is 2.34. The van der Waals surface area contributed by atoms with Crippen molar-refractivity contribution in [1.29, 1.82) is 0 Å². The van der Waals surface area contributed by atoms with Crippen molar-refractivity contribution in [2.24, 2.45) is 0 Å². The third-order valence-corrected chi connectivity index (χ3v) is 3.65. The van der Waals surface area contributed by atoms with E-state index in [0.717, 1.165) is 44.3 Å². The monoisotopic (exact) mass is 212 g/mol. The van der Waals surface area contributed by atoms with Crippen LogP contribution in [0.15, 0.2) is 11.8 Å². The van der Waals surface area contributed by atoms with Crippen LogP contribution in [-0.2, 0) is 9.47 Å². The van der Waals surface area contributed by atoms with Gasteiger partial charge in [-0.3, -0.25) is 0 Å².